The Morgan fingerprint density at radius 3 is 3.00 bits per heavy atom. The van der Waals surface area contributed by atoms with E-state index >= 15 is 0 Å². The molecule has 6 nitrogen and oxygen atoms in total. The maximum atomic E-state index is 4.46. The van der Waals surface area contributed by atoms with E-state index in [1.165, 1.54) is 19.4 Å². The number of aromatic nitrogens is 5. The molecule has 1 unspecified atom stereocenters. The Hall–Kier alpha value is -2.21. The molecule has 1 aliphatic rings. The Labute approximate surface area is 142 Å². The third kappa shape index (κ3) is 3.06. The largest absolute Gasteiger partial charge is 0.335 e. The van der Waals surface area contributed by atoms with E-state index in [9.17, 15) is 0 Å². The molecule has 0 bridgehead atoms. The summed E-state index contributed by atoms with van der Waals surface area (Å²) in [5.41, 5.74) is 0.945. The molecule has 0 saturated carbocycles. The Morgan fingerprint density at radius 1 is 1.17 bits per heavy atom. The van der Waals surface area contributed by atoms with Crippen molar-refractivity contribution in [3.05, 3.63) is 48.4 Å². The molecule has 1 fully saturated rings. The molecule has 0 spiro atoms. The van der Waals surface area contributed by atoms with E-state index in [-0.39, 0.29) is 0 Å². The molecule has 126 valence electrons. The summed E-state index contributed by atoms with van der Waals surface area (Å²) < 4.78 is 4.37. The highest BCUT2D eigenvalue weighted by molar-refractivity contribution is 5.37. The number of aryl methyl sites for hydroxylation is 2. The van der Waals surface area contributed by atoms with Crippen LogP contribution in [0.4, 0.5) is 0 Å². The minimum atomic E-state index is 0.478. The van der Waals surface area contributed by atoms with Gasteiger partial charge in [-0.15, -0.1) is 10.2 Å². The lowest BCUT2D eigenvalue weighted by Crippen LogP contribution is -2.36. The smallest absolute Gasteiger partial charge is 0.160 e. The summed E-state index contributed by atoms with van der Waals surface area (Å²) in [7, 11) is 0. The number of imidazole rings is 1. The van der Waals surface area contributed by atoms with Gasteiger partial charge in [0.1, 0.15) is 11.6 Å². The zero-order valence-electron chi connectivity index (χ0n) is 14.2. The molecular formula is C18H24N6. The summed E-state index contributed by atoms with van der Waals surface area (Å²) in [5.74, 6) is 2.69. The highest BCUT2D eigenvalue weighted by atomic mass is 15.3. The molecule has 0 amide bonds. The fraction of sp³-hybridized carbons (Fsp3) is 0.500. The highest BCUT2D eigenvalue weighted by Crippen LogP contribution is 2.26. The molecule has 4 rings (SSSR count). The Kier molecular flexibility index (Phi) is 4.30. The predicted octanol–water partition coefficient (Wildman–Crippen LogP) is 2.50. The highest BCUT2D eigenvalue weighted by Gasteiger charge is 2.24. The van der Waals surface area contributed by atoms with Crippen LogP contribution in [-0.4, -0.2) is 48.7 Å². The molecule has 1 atom stereocenters. The van der Waals surface area contributed by atoms with Gasteiger partial charge in [0.05, 0.1) is 0 Å². The van der Waals surface area contributed by atoms with Gasteiger partial charge >= 0.3 is 0 Å². The Bertz CT molecular complexity index is 805. The van der Waals surface area contributed by atoms with Crippen LogP contribution in [0.3, 0.4) is 0 Å². The monoisotopic (exact) mass is 324 g/mol. The third-order valence-electron chi connectivity index (χ3n) is 5.01. The van der Waals surface area contributed by atoms with Crippen LogP contribution in [0.1, 0.15) is 36.8 Å². The van der Waals surface area contributed by atoms with Crippen LogP contribution in [0.2, 0.25) is 0 Å². The van der Waals surface area contributed by atoms with Crippen LogP contribution in [0.25, 0.3) is 5.65 Å². The summed E-state index contributed by atoms with van der Waals surface area (Å²) in [6.45, 7) is 6.51. The molecule has 1 saturated heterocycles. The Balaban J connectivity index is 1.38. The number of nitrogens with zero attached hydrogens (tertiary/aromatic N) is 6. The zero-order valence-corrected chi connectivity index (χ0v) is 14.2. The van der Waals surface area contributed by atoms with Crippen LogP contribution in [-0.2, 0) is 6.54 Å². The molecule has 1 aliphatic heterocycles. The van der Waals surface area contributed by atoms with E-state index < -0.39 is 0 Å². The number of hydrogen-bond donors (Lipinski definition) is 0. The third-order valence-corrected chi connectivity index (χ3v) is 5.01. The summed E-state index contributed by atoms with van der Waals surface area (Å²) in [6, 6.07) is 6.08. The maximum Gasteiger partial charge on any atom is 0.160 e. The first kappa shape index (κ1) is 15.3. The second-order valence-electron chi connectivity index (χ2n) is 6.65. The van der Waals surface area contributed by atoms with Crippen molar-refractivity contribution in [1.29, 1.82) is 0 Å². The number of piperidine rings is 1. The number of pyridine rings is 1. The lowest BCUT2D eigenvalue weighted by atomic mass is 9.97. The summed E-state index contributed by atoms with van der Waals surface area (Å²) in [5, 5.41) is 8.77. The second kappa shape index (κ2) is 6.73. The van der Waals surface area contributed by atoms with Gasteiger partial charge < -0.3 is 9.47 Å². The molecule has 0 N–H and O–H groups in total. The average Bonchev–Trinajstić information content (AvgIpc) is 3.22. The van der Waals surface area contributed by atoms with E-state index in [0.29, 0.717) is 5.92 Å². The number of likely N-dealkylation sites (tertiary alicyclic amines) is 1. The fourth-order valence-electron chi connectivity index (χ4n) is 3.71. The quantitative estimate of drug-likeness (QED) is 0.723. The minimum Gasteiger partial charge on any atom is -0.335 e. The van der Waals surface area contributed by atoms with Crippen molar-refractivity contribution in [2.45, 2.75) is 38.6 Å². The van der Waals surface area contributed by atoms with E-state index in [4.69, 9.17) is 0 Å². The van der Waals surface area contributed by atoms with Gasteiger partial charge in [0, 0.05) is 37.6 Å². The van der Waals surface area contributed by atoms with E-state index in [0.717, 1.165) is 43.4 Å². The van der Waals surface area contributed by atoms with E-state index in [2.05, 4.69) is 48.4 Å². The molecule has 3 aromatic rings. The van der Waals surface area contributed by atoms with Gasteiger partial charge in [-0.2, -0.15) is 0 Å². The second-order valence-corrected chi connectivity index (χ2v) is 6.65. The topological polar surface area (TPSA) is 51.2 Å². The minimum absolute atomic E-state index is 0.478. The van der Waals surface area contributed by atoms with Crippen molar-refractivity contribution in [2.24, 2.45) is 0 Å². The standard InChI is InChI=1S/C18H24N6/c1-15-19-8-13-23(15)11-5-10-22-9-4-6-16(14-22)18-21-20-17-7-2-3-12-24(17)18/h2-3,7-8,12-13,16H,4-6,9-11,14H2,1H3. The van der Waals surface area contributed by atoms with Crippen molar-refractivity contribution < 1.29 is 0 Å². The lowest BCUT2D eigenvalue weighted by Gasteiger charge is -2.31. The van der Waals surface area contributed by atoms with Gasteiger partial charge in [-0.25, -0.2) is 4.98 Å². The summed E-state index contributed by atoms with van der Waals surface area (Å²) in [4.78, 5) is 6.86. The van der Waals surface area contributed by atoms with Crippen LogP contribution in [0, 0.1) is 6.92 Å². The fourth-order valence-corrected chi connectivity index (χ4v) is 3.71. The van der Waals surface area contributed by atoms with Crippen LogP contribution in [0.5, 0.6) is 0 Å². The summed E-state index contributed by atoms with van der Waals surface area (Å²) in [6.07, 6.45) is 9.61. The van der Waals surface area contributed by atoms with Crippen LogP contribution >= 0.6 is 0 Å². The SMILES string of the molecule is Cc1nccn1CCCN1CCCC(c2nnc3ccccn23)C1. The summed E-state index contributed by atoms with van der Waals surface area (Å²) >= 11 is 0. The molecular weight excluding hydrogens is 300 g/mol. The maximum absolute atomic E-state index is 4.46. The average molecular weight is 324 g/mol. The van der Waals surface area contributed by atoms with Gasteiger partial charge in [0.2, 0.25) is 0 Å². The van der Waals surface area contributed by atoms with Gasteiger partial charge in [-0.05, 0) is 51.4 Å². The van der Waals surface area contributed by atoms with Gasteiger partial charge in [-0.3, -0.25) is 4.40 Å². The predicted molar refractivity (Wildman–Crippen MR) is 93.0 cm³/mol. The molecule has 0 aliphatic carbocycles. The first-order valence-electron chi connectivity index (χ1n) is 8.81. The van der Waals surface area contributed by atoms with E-state index in [1.807, 2.05) is 24.4 Å². The number of fused-ring (bicyclic) bond motifs is 1. The molecule has 6 heteroatoms. The van der Waals surface area contributed by atoms with E-state index in [1.54, 1.807) is 0 Å². The molecule has 0 radical (unpaired) electrons. The van der Waals surface area contributed by atoms with Crippen molar-refractivity contribution in [3.8, 4) is 0 Å². The first-order chi connectivity index (χ1) is 11.8. The normalized spacial score (nSPS) is 19.1. The van der Waals surface area contributed by atoms with Crippen molar-refractivity contribution in [3.63, 3.8) is 0 Å². The van der Waals surface area contributed by atoms with Gasteiger partial charge in [-0.1, -0.05) is 6.07 Å². The van der Waals surface area contributed by atoms with Gasteiger partial charge in [0.15, 0.2) is 5.65 Å². The molecule has 24 heavy (non-hydrogen) atoms. The zero-order chi connectivity index (χ0) is 16.4. The van der Waals surface area contributed by atoms with Crippen LogP contribution in [0.15, 0.2) is 36.8 Å². The van der Waals surface area contributed by atoms with Crippen molar-refractivity contribution >= 4 is 5.65 Å². The van der Waals surface area contributed by atoms with Crippen molar-refractivity contribution in [2.75, 3.05) is 19.6 Å². The Morgan fingerprint density at radius 2 is 2.12 bits per heavy atom. The first-order valence-corrected chi connectivity index (χ1v) is 8.81. The molecule has 0 aromatic carbocycles. The molecule has 3 aromatic heterocycles. The number of hydrogen-bond acceptors (Lipinski definition) is 4. The number of rotatable bonds is 5. The lowest BCUT2D eigenvalue weighted by molar-refractivity contribution is 0.198. The molecule has 4 heterocycles. The van der Waals surface area contributed by atoms with Crippen LogP contribution < -0.4 is 0 Å². The van der Waals surface area contributed by atoms with Gasteiger partial charge in [0.25, 0.3) is 0 Å². The van der Waals surface area contributed by atoms with Crippen molar-refractivity contribution in [1.82, 2.24) is 29.0 Å².